The molecule has 1 fully saturated rings. The molecule has 3 atom stereocenters. The van der Waals surface area contributed by atoms with Crippen LogP contribution in [0.5, 0.6) is 0 Å². The van der Waals surface area contributed by atoms with Crippen LogP contribution in [0.1, 0.15) is 49.0 Å². The van der Waals surface area contributed by atoms with Crippen LogP contribution in [0.15, 0.2) is 101 Å². The normalized spacial score (nSPS) is 23.9. The van der Waals surface area contributed by atoms with E-state index in [0.717, 1.165) is 23.4 Å². The molecule has 4 rings (SSSR count). The Labute approximate surface area is 173 Å². The molecule has 0 bridgehead atoms. The van der Waals surface area contributed by atoms with E-state index in [2.05, 4.69) is 90.1 Å². The summed E-state index contributed by atoms with van der Waals surface area (Å²) in [6.07, 6.45) is 0.861. The van der Waals surface area contributed by atoms with Crippen LogP contribution in [0, 0.1) is 5.92 Å². The zero-order valence-corrected chi connectivity index (χ0v) is 17.0. The zero-order chi connectivity index (χ0) is 20.1. The standard InChI is InChI=1S/C26H27N3/c1-19-24(29-28-20(2)21-12-6-3-7-13-21)18-25(22-14-8-4-9-15-22)27-26(19)23-16-10-5-11-17-23/h3-17,19,25-27H,18H2,1-2H3/b28-20+,29-24+. The maximum atomic E-state index is 4.76. The van der Waals surface area contributed by atoms with Crippen molar-refractivity contribution in [3.63, 3.8) is 0 Å². The lowest BCUT2D eigenvalue weighted by Gasteiger charge is -2.37. The molecule has 1 aliphatic heterocycles. The molecule has 0 aromatic heterocycles. The first-order valence-electron chi connectivity index (χ1n) is 10.2. The second-order valence-electron chi connectivity index (χ2n) is 7.65. The Bertz CT molecular complexity index is 978. The monoisotopic (exact) mass is 381 g/mol. The Morgan fingerprint density at radius 2 is 1.34 bits per heavy atom. The summed E-state index contributed by atoms with van der Waals surface area (Å²) in [7, 11) is 0. The minimum atomic E-state index is 0.209. The van der Waals surface area contributed by atoms with E-state index in [9.17, 15) is 0 Å². The number of hydrogen-bond acceptors (Lipinski definition) is 3. The molecule has 0 aliphatic carbocycles. The van der Waals surface area contributed by atoms with Crippen molar-refractivity contribution in [2.24, 2.45) is 16.1 Å². The van der Waals surface area contributed by atoms with Crippen molar-refractivity contribution in [3.05, 3.63) is 108 Å². The van der Waals surface area contributed by atoms with Crippen molar-refractivity contribution >= 4 is 11.4 Å². The van der Waals surface area contributed by atoms with Gasteiger partial charge in [0.15, 0.2) is 0 Å². The van der Waals surface area contributed by atoms with Crippen molar-refractivity contribution in [1.29, 1.82) is 0 Å². The van der Waals surface area contributed by atoms with Crippen LogP contribution in [0.4, 0.5) is 0 Å². The maximum absolute atomic E-state index is 4.76. The Kier molecular flexibility index (Phi) is 5.97. The van der Waals surface area contributed by atoms with E-state index < -0.39 is 0 Å². The molecule has 0 spiro atoms. The van der Waals surface area contributed by atoms with Crippen LogP contribution in [0.25, 0.3) is 0 Å². The minimum Gasteiger partial charge on any atom is -0.302 e. The first-order valence-corrected chi connectivity index (χ1v) is 10.2. The SMILES string of the molecule is C/C(=N\N=C1/CC(c2ccccc2)NC(c2ccccc2)C1C)c1ccccc1. The number of benzene rings is 3. The van der Waals surface area contributed by atoms with Crippen LogP contribution in [-0.2, 0) is 0 Å². The first kappa shape index (κ1) is 19.3. The van der Waals surface area contributed by atoms with Gasteiger partial charge in [0.1, 0.15) is 0 Å². The summed E-state index contributed by atoms with van der Waals surface area (Å²) in [5.74, 6) is 0.268. The molecule has 3 aromatic rings. The molecule has 1 heterocycles. The highest BCUT2D eigenvalue weighted by Crippen LogP contribution is 2.35. The third-order valence-corrected chi connectivity index (χ3v) is 5.70. The Hall–Kier alpha value is -3.04. The molecular formula is C26H27N3. The van der Waals surface area contributed by atoms with Crippen LogP contribution < -0.4 is 5.32 Å². The summed E-state index contributed by atoms with van der Waals surface area (Å²) in [6.45, 7) is 4.27. The third kappa shape index (κ3) is 4.52. The summed E-state index contributed by atoms with van der Waals surface area (Å²) in [5, 5.41) is 13.2. The van der Waals surface area contributed by atoms with E-state index in [4.69, 9.17) is 5.10 Å². The van der Waals surface area contributed by atoms with Gasteiger partial charge in [0.25, 0.3) is 0 Å². The molecule has 1 N–H and O–H groups in total. The van der Waals surface area contributed by atoms with Gasteiger partial charge in [-0.1, -0.05) is 97.9 Å². The van der Waals surface area contributed by atoms with E-state index in [0.29, 0.717) is 0 Å². The Morgan fingerprint density at radius 1 is 0.793 bits per heavy atom. The molecule has 29 heavy (non-hydrogen) atoms. The lowest BCUT2D eigenvalue weighted by Crippen LogP contribution is -2.41. The number of piperidine rings is 1. The average Bonchev–Trinajstić information content (AvgIpc) is 2.80. The lowest BCUT2D eigenvalue weighted by molar-refractivity contribution is 0.364. The van der Waals surface area contributed by atoms with Crippen molar-refractivity contribution in [1.82, 2.24) is 5.32 Å². The number of nitrogens with zero attached hydrogens (tertiary/aromatic N) is 2. The van der Waals surface area contributed by atoms with Crippen molar-refractivity contribution in [3.8, 4) is 0 Å². The molecule has 3 unspecified atom stereocenters. The summed E-state index contributed by atoms with van der Waals surface area (Å²) in [4.78, 5) is 0. The fraction of sp³-hybridized carbons (Fsp3) is 0.231. The number of nitrogens with one attached hydrogen (secondary N) is 1. The topological polar surface area (TPSA) is 36.8 Å². The molecule has 0 saturated carbocycles. The largest absolute Gasteiger partial charge is 0.302 e. The van der Waals surface area contributed by atoms with Gasteiger partial charge < -0.3 is 5.32 Å². The molecule has 3 heteroatoms. The molecule has 3 nitrogen and oxygen atoms in total. The van der Waals surface area contributed by atoms with Crippen molar-refractivity contribution < 1.29 is 0 Å². The van der Waals surface area contributed by atoms with Gasteiger partial charge in [-0.3, -0.25) is 0 Å². The van der Waals surface area contributed by atoms with Crippen LogP contribution >= 0.6 is 0 Å². The van der Waals surface area contributed by atoms with E-state index in [-0.39, 0.29) is 18.0 Å². The second kappa shape index (κ2) is 8.97. The fourth-order valence-electron chi connectivity index (χ4n) is 3.96. The quantitative estimate of drug-likeness (QED) is 0.439. The van der Waals surface area contributed by atoms with Gasteiger partial charge in [-0.25, -0.2) is 0 Å². The molecule has 1 saturated heterocycles. The van der Waals surface area contributed by atoms with Gasteiger partial charge >= 0.3 is 0 Å². The molecule has 0 radical (unpaired) electrons. The van der Waals surface area contributed by atoms with E-state index >= 15 is 0 Å². The highest BCUT2D eigenvalue weighted by molar-refractivity contribution is 5.99. The zero-order valence-electron chi connectivity index (χ0n) is 17.0. The first-order chi connectivity index (χ1) is 14.2. The second-order valence-corrected chi connectivity index (χ2v) is 7.65. The van der Waals surface area contributed by atoms with Gasteiger partial charge in [0.2, 0.25) is 0 Å². The third-order valence-electron chi connectivity index (χ3n) is 5.70. The molecule has 146 valence electrons. The minimum absolute atomic E-state index is 0.209. The van der Waals surface area contributed by atoms with Crippen molar-refractivity contribution in [2.75, 3.05) is 0 Å². The van der Waals surface area contributed by atoms with Crippen LogP contribution in [-0.4, -0.2) is 11.4 Å². The lowest BCUT2D eigenvalue weighted by atomic mass is 9.81. The smallest absolute Gasteiger partial charge is 0.0671 e. The predicted octanol–water partition coefficient (Wildman–Crippen LogP) is 5.96. The average molecular weight is 382 g/mol. The van der Waals surface area contributed by atoms with E-state index in [1.165, 1.54) is 11.1 Å². The highest BCUT2D eigenvalue weighted by atomic mass is 15.2. The van der Waals surface area contributed by atoms with Gasteiger partial charge in [0, 0.05) is 30.1 Å². The van der Waals surface area contributed by atoms with Gasteiger partial charge in [-0.05, 0) is 23.6 Å². The summed E-state index contributed by atoms with van der Waals surface area (Å²) >= 11 is 0. The van der Waals surface area contributed by atoms with E-state index in [1.807, 2.05) is 25.1 Å². The van der Waals surface area contributed by atoms with E-state index in [1.54, 1.807) is 0 Å². The van der Waals surface area contributed by atoms with Gasteiger partial charge in [-0.15, -0.1) is 0 Å². The Morgan fingerprint density at radius 3 is 1.97 bits per heavy atom. The van der Waals surface area contributed by atoms with Crippen molar-refractivity contribution in [2.45, 2.75) is 32.4 Å². The summed E-state index contributed by atoms with van der Waals surface area (Å²) < 4.78 is 0. The fourth-order valence-corrected chi connectivity index (χ4v) is 3.96. The summed E-state index contributed by atoms with van der Waals surface area (Å²) in [6, 6.07) is 32.0. The summed E-state index contributed by atoms with van der Waals surface area (Å²) in [5.41, 5.74) is 5.77. The molecule has 0 amide bonds. The van der Waals surface area contributed by atoms with Gasteiger partial charge in [0.05, 0.1) is 5.71 Å². The molecular weight excluding hydrogens is 354 g/mol. The number of hydrogen-bond donors (Lipinski definition) is 1. The molecule has 1 aliphatic rings. The highest BCUT2D eigenvalue weighted by Gasteiger charge is 2.33. The maximum Gasteiger partial charge on any atom is 0.0671 e. The van der Waals surface area contributed by atoms with Crippen LogP contribution in [0.3, 0.4) is 0 Å². The Balaban J connectivity index is 1.67. The molecule has 3 aromatic carbocycles. The number of rotatable bonds is 4. The van der Waals surface area contributed by atoms with Crippen LogP contribution in [0.2, 0.25) is 0 Å². The van der Waals surface area contributed by atoms with Gasteiger partial charge in [-0.2, -0.15) is 10.2 Å². The predicted molar refractivity (Wildman–Crippen MR) is 121 cm³/mol.